The first-order chi connectivity index (χ1) is 25.5. The van der Waals surface area contributed by atoms with Crippen molar-refractivity contribution in [3.8, 4) is 0 Å². The van der Waals surface area contributed by atoms with Gasteiger partial charge in [-0.15, -0.1) is 0 Å². The lowest BCUT2D eigenvalue weighted by Crippen LogP contribution is -2.45. The van der Waals surface area contributed by atoms with Gasteiger partial charge in [-0.3, -0.25) is 0 Å². The van der Waals surface area contributed by atoms with Gasteiger partial charge in [-0.05, 0) is 238 Å². The molecular formula is C51H87N. The monoisotopic (exact) mass is 714 g/mol. The Labute approximate surface area is 324 Å². The van der Waals surface area contributed by atoms with Crippen molar-refractivity contribution in [1.29, 1.82) is 0 Å². The van der Waals surface area contributed by atoms with Crippen LogP contribution in [0.25, 0.3) is 0 Å². The van der Waals surface area contributed by atoms with Gasteiger partial charge in [0.15, 0.2) is 0 Å². The smallest absolute Gasteiger partial charge is 0.00672 e. The van der Waals surface area contributed by atoms with Gasteiger partial charge in [-0.25, -0.2) is 0 Å². The average Bonchev–Trinajstić information content (AvgIpc) is 3.18. The van der Waals surface area contributed by atoms with E-state index in [0.29, 0.717) is 0 Å². The lowest BCUT2D eigenvalue weighted by Gasteiger charge is -2.53. The zero-order chi connectivity index (χ0) is 36.5. The van der Waals surface area contributed by atoms with Crippen molar-refractivity contribution in [2.24, 2.45) is 88.8 Å². The highest BCUT2D eigenvalue weighted by Gasteiger charge is 2.49. The van der Waals surface area contributed by atoms with Crippen LogP contribution in [-0.2, 0) is 0 Å². The first-order valence-corrected chi connectivity index (χ1v) is 24.1. The molecule has 0 saturated heterocycles. The average molecular weight is 714 g/mol. The van der Waals surface area contributed by atoms with E-state index in [4.69, 9.17) is 0 Å². The van der Waals surface area contributed by atoms with E-state index < -0.39 is 0 Å². The van der Waals surface area contributed by atoms with Crippen molar-refractivity contribution >= 4 is 0 Å². The Morgan fingerprint density at radius 1 is 0.462 bits per heavy atom. The van der Waals surface area contributed by atoms with Crippen molar-refractivity contribution in [3.63, 3.8) is 0 Å². The summed E-state index contributed by atoms with van der Waals surface area (Å²) >= 11 is 0. The fourth-order valence-corrected chi connectivity index (χ4v) is 14.8. The molecule has 6 rings (SSSR count). The van der Waals surface area contributed by atoms with Crippen LogP contribution >= 0.6 is 0 Å². The van der Waals surface area contributed by atoms with E-state index >= 15 is 0 Å². The van der Waals surface area contributed by atoms with Crippen LogP contribution in [0.1, 0.15) is 183 Å². The second-order valence-corrected chi connectivity index (χ2v) is 20.3. The first kappa shape index (κ1) is 40.8. The molecule has 6 fully saturated rings. The molecule has 6 saturated carbocycles. The van der Waals surface area contributed by atoms with Crippen LogP contribution < -0.4 is 5.32 Å². The predicted molar refractivity (Wildman–Crippen MR) is 227 cm³/mol. The summed E-state index contributed by atoms with van der Waals surface area (Å²) in [5.74, 6) is 14.2. The van der Waals surface area contributed by atoms with Crippen LogP contribution in [0.2, 0.25) is 0 Å². The Morgan fingerprint density at radius 2 is 1.02 bits per heavy atom. The number of nitrogens with one attached hydrogen (secondary N) is 1. The Hall–Kier alpha value is -0.820. The van der Waals surface area contributed by atoms with Crippen molar-refractivity contribution in [2.75, 3.05) is 6.54 Å². The predicted octanol–water partition coefficient (Wildman–Crippen LogP) is 14.6. The second kappa shape index (κ2) is 20.4. The summed E-state index contributed by atoms with van der Waals surface area (Å²) in [6.07, 6.45) is 47.9. The zero-order valence-electron chi connectivity index (χ0n) is 35.5. The van der Waals surface area contributed by atoms with Crippen LogP contribution in [0, 0.1) is 88.8 Å². The van der Waals surface area contributed by atoms with E-state index in [2.05, 4.69) is 83.3 Å². The van der Waals surface area contributed by atoms with Crippen molar-refractivity contribution in [3.05, 3.63) is 36.5 Å². The molecule has 0 amide bonds. The van der Waals surface area contributed by atoms with Crippen LogP contribution in [0.4, 0.5) is 0 Å². The largest absolute Gasteiger partial charge is 0.314 e. The van der Waals surface area contributed by atoms with E-state index in [1.165, 1.54) is 116 Å². The van der Waals surface area contributed by atoms with Crippen molar-refractivity contribution in [2.45, 2.75) is 189 Å². The summed E-state index contributed by atoms with van der Waals surface area (Å²) in [7, 11) is 0. The summed E-state index contributed by atoms with van der Waals surface area (Å²) in [6.45, 7) is 15.6. The van der Waals surface area contributed by atoms with Gasteiger partial charge in [0, 0.05) is 6.04 Å². The molecule has 0 aromatic carbocycles. The summed E-state index contributed by atoms with van der Waals surface area (Å²) < 4.78 is 0. The highest BCUT2D eigenvalue weighted by molar-refractivity contribution is 5.05. The van der Waals surface area contributed by atoms with Crippen LogP contribution in [-0.4, -0.2) is 12.6 Å². The quantitative estimate of drug-likeness (QED) is 0.199. The molecule has 0 bridgehead atoms. The summed E-state index contributed by atoms with van der Waals surface area (Å²) in [5.41, 5.74) is 0. The maximum absolute atomic E-state index is 3.88. The SMILES string of the molecule is C/C=C/C1CCC(C2CCC(C)CC2C2CC(CC)CCC2C2CCC(/C=C/C)C(C3CC(C4CCC(NCCC)CC4)CCC3/C=C/C)C2)CC1. The topological polar surface area (TPSA) is 12.0 Å². The van der Waals surface area contributed by atoms with E-state index in [1.54, 1.807) is 32.1 Å². The molecule has 6 aliphatic rings. The van der Waals surface area contributed by atoms with E-state index in [-0.39, 0.29) is 0 Å². The first-order valence-electron chi connectivity index (χ1n) is 24.1. The van der Waals surface area contributed by atoms with E-state index in [1.807, 2.05) is 0 Å². The van der Waals surface area contributed by atoms with E-state index in [9.17, 15) is 0 Å². The third-order valence-electron chi connectivity index (χ3n) is 17.4. The number of hydrogen-bond acceptors (Lipinski definition) is 1. The lowest BCUT2D eigenvalue weighted by atomic mass is 9.52. The van der Waals surface area contributed by atoms with Gasteiger partial charge in [0.05, 0.1) is 0 Å². The molecule has 1 nitrogen and oxygen atoms in total. The molecular weight excluding hydrogens is 627 g/mol. The fraction of sp³-hybridized carbons (Fsp3) is 0.882. The summed E-state index contributed by atoms with van der Waals surface area (Å²) in [5, 5.41) is 3.88. The van der Waals surface area contributed by atoms with Crippen LogP contribution in [0.3, 0.4) is 0 Å². The number of rotatable bonds is 12. The maximum atomic E-state index is 3.88. The van der Waals surface area contributed by atoms with Crippen LogP contribution in [0.15, 0.2) is 36.5 Å². The molecule has 12 atom stereocenters. The zero-order valence-corrected chi connectivity index (χ0v) is 35.5. The summed E-state index contributed by atoms with van der Waals surface area (Å²) in [6, 6.07) is 0.792. The second-order valence-electron chi connectivity index (χ2n) is 20.3. The molecule has 0 spiro atoms. The van der Waals surface area contributed by atoms with Gasteiger partial charge in [0.2, 0.25) is 0 Å². The lowest BCUT2D eigenvalue weighted by molar-refractivity contribution is -0.0326. The Morgan fingerprint density at radius 3 is 1.65 bits per heavy atom. The highest BCUT2D eigenvalue weighted by Crippen LogP contribution is 2.58. The normalized spacial score (nSPS) is 45.6. The third kappa shape index (κ3) is 10.1. The number of hydrogen-bond donors (Lipinski definition) is 1. The molecule has 0 aliphatic heterocycles. The molecule has 12 unspecified atom stereocenters. The molecule has 0 radical (unpaired) electrons. The van der Waals surface area contributed by atoms with Gasteiger partial charge in [0.1, 0.15) is 0 Å². The molecule has 6 aliphatic carbocycles. The third-order valence-corrected chi connectivity index (χ3v) is 17.4. The minimum absolute atomic E-state index is 0.792. The van der Waals surface area contributed by atoms with Gasteiger partial charge >= 0.3 is 0 Å². The van der Waals surface area contributed by atoms with E-state index in [0.717, 1.165) is 94.8 Å². The van der Waals surface area contributed by atoms with Crippen molar-refractivity contribution < 1.29 is 0 Å². The molecule has 0 heterocycles. The van der Waals surface area contributed by atoms with Crippen molar-refractivity contribution in [1.82, 2.24) is 5.32 Å². The standard InChI is InChI=1S/C51H87N/c1-7-12-38-16-19-42(20-17-38)46-29-15-36(6)32-50(46)51-33-37(11-5)18-30-47(51)44-24-22-41(14-9-3)49(35-44)48-34-43(23-21-40(48)13-8-2)39-25-27-45(28-26-39)52-31-10-4/h7-9,12-14,36-52H,10-11,15-35H2,1-6H3/b12-7+,13-8+,14-9+. The van der Waals surface area contributed by atoms with Crippen LogP contribution in [0.5, 0.6) is 0 Å². The molecule has 52 heavy (non-hydrogen) atoms. The Balaban J connectivity index is 1.21. The molecule has 1 N–H and O–H groups in total. The van der Waals surface area contributed by atoms with Gasteiger partial charge < -0.3 is 5.32 Å². The number of allylic oxidation sites excluding steroid dienone is 6. The molecule has 296 valence electrons. The molecule has 0 aromatic heterocycles. The highest BCUT2D eigenvalue weighted by atomic mass is 14.9. The minimum atomic E-state index is 0.792. The van der Waals surface area contributed by atoms with Gasteiger partial charge in [-0.2, -0.15) is 0 Å². The molecule has 0 aromatic rings. The Kier molecular flexibility index (Phi) is 16.0. The van der Waals surface area contributed by atoms with Gasteiger partial charge in [0.25, 0.3) is 0 Å². The molecule has 1 heteroatoms. The fourth-order valence-electron chi connectivity index (χ4n) is 14.8. The maximum Gasteiger partial charge on any atom is 0.00672 e. The van der Waals surface area contributed by atoms with Gasteiger partial charge in [-0.1, -0.05) is 76.5 Å². The summed E-state index contributed by atoms with van der Waals surface area (Å²) in [4.78, 5) is 0. The minimum Gasteiger partial charge on any atom is -0.314 e. The Bertz CT molecular complexity index is 1100.